The molecule has 0 saturated heterocycles. The Morgan fingerprint density at radius 1 is 1.07 bits per heavy atom. The molecule has 1 aromatic rings. The zero-order chi connectivity index (χ0) is 21.7. The van der Waals surface area contributed by atoms with Crippen molar-refractivity contribution in [2.45, 2.75) is 96.9 Å². The van der Waals surface area contributed by atoms with Crippen molar-refractivity contribution in [1.29, 1.82) is 0 Å². The first kappa shape index (κ1) is 25.7. The van der Waals surface area contributed by atoms with E-state index in [1.807, 2.05) is 0 Å². The van der Waals surface area contributed by atoms with Gasteiger partial charge in [-0.3, -0.25) is 0 Å². The van der Waals surface area contributed by atoms with Gasteiger partial charge in [-0.1, -0.05) is 83.6 Å². The molecule has 0 aliphatic rings. The van der Waals surface area contributed by atoms with E-state index in [1.165, 1.54) is 72.7 Å². The van der Waals surface area contributed by atoms with E-state index in [-0.39, 0.29) is 6.10 Å². The molecule has 166 valence electrons. The summed E-state index contributed by atoms with van der Waals surface area (Å²) in [5.41, 5.74) is 2.40. The SMILES string of the molecule is CCCC[Si](CCCC)(CCCC)O[C@@H](C)c1cccc(CCN(C)C(=O)O)c1. The Bertz CT molecular complexity index is 571. The maximum atomic E-state index is 11.0. The average Bonchev–Trinajstić information content (AvgIpc) is 2.72. The van der Waals surface area contributed by atoms with Gasteiger partial charge in [0.1, 0.15) is 0 Å². The molecule has 0 spiro atoms. The van der Waals surface area contributed by atoms with Crippen LogP contribution >= 0.6 is 0 Å². The molecule has 4 nitrogen and oxygen atoms in total. The van der Waals surface area contributed by atoms with Gasteiger partial charge in [0, 0.05) is 13.6 Å². The van der Waals surface area contributed by atoms with E-state index in [4.69, 9.17) is 9.53 Å². The van der Waals surface area contributed by atoms with Crippen molar-refractivity contribution in [3.05, 3.63) is 35.4 Å². The molecule has 29 heavy (non-hydrogen) atoms. The maximum absolute atomic E-state index is 11.0. The van der Waals surface area contributed by atoms with Crippen molar-refractivity contribution in [3.8, 4) is 0 Å². The van der Waals surface area contributed by atoms with Crippen LogP contribution in [0.1, 0.15) is 83.5 Å². The number of benzene rings is 1. The van der Waals surface area contributed by atoms with E-state index in [2.05, 4.69) is 52.0 Å². The topological polar surface area (TPSA) is 49.8 Å². The molecule has 1 atom stereocenters. The molecule has 0 unspecified atom stereocenters. The monoisotopic (exact) mass is 421 g/mol. The predicted octanol–water partition coefficient (Wildman–Crippen LogP) is 7.26. The van der Waals surface area contributed by atoms with Gasteiger partial charge in [0.2, 0.25) is 0 Å². The minimum absolute atomic E-state index is 0.101. The van der Waals surface area contributed by atoms with Crippen molar-refractivity contribution >= 4 is 14.4 Å². The fourth-order valence-electron chi connectivity index (χ4n) is 3.89. The van der Waals surface area contributed by atoms with E-state index >= 15 is 0 Å². The largest absolute Gasteiger partial charge is 0.465 e. The molecule has 1 amide bonds. The van der Waals surface area contributed by atoms with Crippen LogP contribution in [0.25, 0.3) is 0 Å². The Morgan fingerprint density at radius 3 is 2.10 bits per heavy atom. The van der Waals surface area contributed by atoms with Crippen LogP contribution in [-0.4, -0.2) is 38.0 Å². The van der Waals surface area contributed by atoms with Crippen LogP contribution < -0.4 is 0 Å². The number of hydrogen-bond acceptors (Lipinski definition) is 2. The number of unbranched alkanes of at least 4 members (excludes halogenated alkanes) is 3. The highest BCUT2D eigenvalue weighted by Gasteiger charge is 2.35. The van der Waals surface area contributed by atoms with E-state index in [0.29, 0.717) is 6.54 Å². The van der Waals surface area contributed by atoms with Gasteiger partial charge in [-0.25, -0.2) is 4.79 Å². The predicted molar refractivity (Wildman–Crippen MR) is 125 cm³/mol. The Hall–Kier alpha value is -1.33. The lowest BCUT2D eigenvalue weighted by Crippen LogP contribution is -2.39. The third-order valence-corrected chi connectivity index (χ3v) is 10.5. The van der Waals surface area contributed by atoms with Gasteiger partial charge in [0.05, 0.1) is 6.10 Å². The van der Waals surface area contributed by atoms with E-state index in [0.717, 1.165) is 6.42 Å². The average molecular weight is 422 g/mol. The van der Waals surface area contributed by atoms with Gasteiger partial charge in [-0.05, 0) is 42.6 Å². The van der Waals surface area contributed by atoms with Crippen molar-refractivity contribution in [2.24, 2.45) is 0 Å². The summed E-state index contributed by atoms with van der Waals surface area (Å²) in [4.78, 5) is 12.4. The van der Waals surface area contributed by atoms with E-state index in [9.17, 15) is 4.79 Å². The molecule has 0 aliphatic heterocycles. The highest BCUT2D eigenvalue weighted by molar-refractivity contribution is 6.73. The summed E-state index contributed by atoms with van der Waals surface area (Å²) < 4.78 is 6.98. The van der Waals surface area contributed by atoms with Crippen molar-refractivity contribution in [3.63, 3.8) is 0 Å². The van der Waals surface area contributed by atoms with Gasteiger partial charge in [-0.2, -0.15) is 0 Å². The summed E-state index contributed by atoms with van der Waals surface area (Å²) in [5, 5.41) is 9.05. The van der Waals surface area contributed by atoms with Crippen LogP contribution in [0.5, 0.6) is 0 Å². The molecule has 0 saturated carbocycles. The molecule has 0 fully saturated rings. The molecule has 0 aromatic heterocycles. The molecule has 1 N–H and O–H groups in total. The lowest BCUT2D eigenvalue weighted by atomic mass is 10.1. The summed E-state index contributed by atoms with van der Waals surface area (Å²) in [7, 11) is -0.141. The van der Waals surface area contributed by atoms with Gasteiger partial charge in [-0.15, -0.1) is 0 Å². The van der Waals surface area contributed by atoms with Crippen LogP contribution in [-0.2, 0) is 10.8 Å². The first-order valence-corrected chi connectivity index (χ1v) is 14.1. The number of hydrogen-bond donors (Lipinski definition) is 1. The first-order valence-electron chi connectivity index (χ1n) is 11.6. The van der Waals surface area contributed by atoms with Crippen LogP contribution in [0.15, 0.2) is 24.3 Å². The standard InChI is InChI=1S/C24H43NO3Si/c1-6-9-17-29(18-10-7-2,19-11-8-3)28-21(4)23-14-12-13-22(20-23)15-16-25(5)24(26)27/h12-14,20-21H,6-11,15-19H2,1-5H3,(H,26,27)/t21-/m0/s1. The van der Waals surface area contributed by atoms with E-state index < -0.39 is 14.4 Å². The first-order chi connectivity index (χ1) is 13.9. The summed E-state index contributed by atoms with van der Waals surface area (Å²) in [5.74, 6) is 0. The highest BCUT2D eigenvalue weighted by atomic mass is 28.4. The smallest absolute Gasteiger partial charge is 0.407 e. The number of nitrogens with zero attached hydrogens (tertiary/aromatic N) is 1. The van der Waals surface area contributed by atoms with Crippen LogP contribution in [0.2, 0.25) is 18.1 Å². The molecular weight excluding hydrogens is 378 g/mol. The zero-order valence-electron chi connectivity index (χ0n) is 19.4. The van der Waals surface area contributed by atoms with E-state index in [1.54, 1.807) is 7.05 Å². The second-order valence-electron chi connectivity index (χ2n) is 8.45. The van der Waals surface area contributed by atoms with Crippen LogP contribution in [0, 0.1) is 0 Å². The Labute approximate surface area is 179 Å². The van der Waals surface area contributed by atoms with Crippen molar-refractivity contribution in [1.82, 2.24) is 4.90 Å². The van der Waals surface area contributed by atoms with Crippen LogP contribution in [0.3, 0.4) is 0 Å². The summed E-state index contributed by atoms with van der Waals surface area (Å²) in [6.07, 6.45) is 7.47. The fraction of sp³-hybridized carbons (Fsp3) is 0.708. The lowest BCUT2D eigenvalue weighted by Gasteiger charge is -2.35. The Morgan fingerprint density at radius 2 is 1.62 bits per heavy atom. The second kappa shape index (κ2) is 13.8. The summed E-state index contributed by atoms with van der Waals surface area (Å²) in [6, 6.07) is 12.4. The number of rotatable bonds is 15. The number of carbonyl (C=O) groups is 1. The Kier molecular flexibility index (Phi) is 12.2. The van der Waals surface area contributed by atoms with Crippen molar-refractivity contribution in [2.75, 3.05) is 13.6 Å². The fourth-order valence-corrected chi connectivity index (χ4v) is 8.87. The molecule has 0 radical (unpaired) electrons. The van der Waals surface area contributed by atoms with Gasteiger partial charge in [0.15, 0.2) is 8.32 Å². The number of amides is 1. The highest BCUT2D eigenvalue weighted by Crippen LogP contribution is 2.34. The molecule has 5 heteroatoms. The summed E-state index contributed by atoms with van der Waals surface area (Å²) >= 11 is 0. The molecule has 0 bridgehead atoms. The molecule has 1 aromatic carbocycles. The number of likely N-dealkylation sites (N-methyl/N-ethyl adjacent to an activating group) is 1. The normalized spacial score (nSPS) is 12.7. The van der Waals surface area contributed by atoms with Gasteiger partial charge in [0.25, 0.3) is 0 Å². The minimum atomic E-state index is -1.76. The minimum Gasteiger partial charge on any atom is -0.465 e. The molecule has 0 heterocycles. The molecule has 1 rings (SSSR count). The summed E-state index contributed by atoms with van der Waals surface area (Å²) in [6.45, 7) is 9.55. The quantitative estimate of drug-likeness (QED) is 0.303. The lowest BCUT2D eigenvalue weighted by molar-refractivity contribution is 0.156. The van der Waals surface area contributed by atoms with Gasteiger partial charge >= 0.3 is 6.09 Å². The van der Waals surface area contributed by atoms with Crippen molar-refractivity contribution < 1.29 is 14.3 Å². The maximum Gasteiger partial charge on any atom is 0.407 e. The van der Waals surface area contributed by atoms with Gasteiger partial charge < -0.3 is 14.4 Å². The third-order valence-electron chi connectivity index (χ3n) is 5.87. The second-order valence-corrected chi connectivity index (χ2v) is 12.6. The molecule has 0 aliphatic carbocycles. The van der Waals surface area contributed by atoms with Crippen LogP contribution in [0.4, 0.5) is 4.79 Å². The number of carboxylic acid groups (broad SMARTS) is 1. The Balaban J connectivity index is 2.92. The third kappa shape index (κ3) is 9.35. The molecular formula is C24H43NO3Si. The zero-order valence-corrected chi connectivity index (χ0v) is 20.4.